The summed E-state index contributed by atoms with van der Waals surface area (Å²) in [5.41, 5.74) is 5.49. The smallest absolute Gasteiger partial charge is 0.262 e. The number of fused-ring (bicyclic) bond motifs is 2. The molecule has 0 radical (unpaired) electrons. The van der Waals surface area contributed by atoms with E-state index >= 15 is 0 Å². The number of benzene rings is 2. The van der Waals surface area contributed by atoms with Gasteiger partial charge in [-0.15, -0.1) is 0 Å². The molecule has 0 amide bonds. The third-order valence-electron chi connectivity index (χ3n) is 5.78. The molecule has 2 aromatic carbocycles. The minimum absolute atomic E-state index is 0.0914. The van der Waals surface area contributed by atoms with Crippen LogP contribution in [0.15, 0.2) is 58.5 Å². The largest absolute Gasteiger partial charge is 0.726 e. The predicted octanol–water partition coefficient (Wildman–Crippen LogP) is 6.30. The van der Waals surface area contributed by atoms with Gasteiger partial charge < -0.3 is 9.45 Å². The Hall–Kier alpha value is -2.17. The molecule has 1 aliphatic heterocycles. The van der Waals surface area contributed by atoms with Crippen molar-refractivity contribution in [2.45, 2.75) is 58.9 Å². The number of nitrogens with zero attached hydrogens (tertiary/aromatic N) is 2. The van der Waals surface area contributed by atoms with E-state index in [0.717, 1.165) is 25.9 Å². The molecule has 194 valence electrons. The highest BCUT2D eigenvalue weighted by atomic mass is 32.3. The summed E-state index contributed by atoms with van der Waals surface area (Å²) in [6.07, 6.45) is 8.92. The van der Waals surface area contributed by atoms with E-state index in [1.54, 1.807) is 0 Å². The molecule has 36 heavy (non-hydrogen) atoms. The lowest BCUT2D eigenvalue weighted by atomic mass is 10.1. The average Bonchev–Trinajstić information content (AvgIpc) is 3.39. The van der Waals surface area contributed by atoms with Crippen LogP contribution in [0.25, 0.3) is 16.3 Å². The summed E-state index contributed by atoms with van der Waals surface area (Å²) in [5.74, 6) is 0. The van der Waals surface area contributed by atoms with Gasteiger partial charge in [0.15, 0.2) is 0 Å². The molecule has 0 fully saturated rings. The van der Waals surface area contributed by atoms with Gasteiger partial charge in [-0.2, -0.15) is 4.57 Å². The minimum atomic E-state index is -4.42. The van der Waals surface area contributed by atoms with Crippen molar-refractivity contribution in [2.75, 3.05) is 18.1 Å². The topological polar surface area (TPSA) is 73.5 Å². The van der Waals surface area contributed by atoms with Crippen LogP contribution in [-0.4, -0.2) is 26.1 Å². The van der Waals surface area contributed by atoms with Gasteiger partial charge in [-0.1, -0.05) is 55.2 Å². The molecule has 0 bridgehead atoms. The Morgan fingerprint density at radius 2 is 1.72 bits per heavy atom. The van der Waals surface area contributed by atoms with E-state index in [0.29, 0.717) is 0 Å². The van der Waals surface area contributed by atoms with E-state index in [1.165, 1.54) is 48.9 Å². The number of thiazole rings is 1. The van der Waals surface area contributed by atoms with Gasteiger partial charge in [0.25, 0.3) is 5.01 Å². The van der Waals surface area contributed by atoms with Crippen LogP contribution in [-0.2, 0) is 34.0 Å². The highest BCUT2D eigenvalue weighted by molar-refractivity contribution is 8.03. The second-order valence-corrected chi connectivity index (χ2v) is 11.2. The van der Waals surface area contributed by atoms with Crippen molar-refractivity contribution in [2.24, 2.45) is 0 Å². The van der Waals surface area contributed by atoms with Gasteiger partial charge in [0.1, 0.15) is 11.2 Å². The molecule has 4 rings (SSSR count). The molecular weight excluding hydrogens is 513 g/mol. The van der Waals surface area contributed by atoms with Crippen LogP contribution >= 0.6 is 23.1 Å². The Balaban J connectivity index is 0.000000454. The van der Waals surface area contributed by atoms with Gasteiger partial charge in [-0.05, 0) is 69.0 Å². The van der Waals surface area contributed by atoms with E-state index in [2.05, 4.69) is 96.0 Å². The standard InChI is InChI=1S/C25H29N2S2.C2H6O4S/c1-5-18-12-14-20-22(16-18)28-24(26(20)7-3)10-9-11-25-27(8-4)21-15-13-19(6-2)17-23(21)29-25;1-2-6-7(3,4)5/h9-17H,5-8H2,1-4H3;2H2,1H3,(H,3,4,5)/q+1;/p-1. The summed E-state index contributed by atoms with van der Waals surface area (Å²) in [5, 5.41) is 2.62. The summed E-state index contributed by atoms with van der Waals surface area (Å²) >= 11 is 3.77. The van der Waals surface area contributed by atoms with Crippen molar-refractivity contribution >= 4 is 55.5 Å². The van der Waals surface area contributed by atoms with Gasteiger partial charge >= 0.3 is 0 Å². The molecule has 0 unspecified atom stereocenters. The number of aromatic nitrogens is 1. The van der Waals surface area contributed by atoms with Crippen molar-refractivity contribution in [1.29, 1.82) is 0 Å². The van der Waals surface area contributed by atoms with Crippen molar-refractivity contribution in [3.05, 3.63) is 69.7 Å². The first-order chi connectivity index (χ1) is 17.2. The Labute approximate surface area is 223 Å². The van der Waals surface area contributed by atoms with Crippen LogP contribution in [0.2, 0.25) is 0 Å². The summed E-state index contributed by atoms with van der Waals surface area (Å²) in [4.78, 5) is 3.79. The summed E-state index contributed by atoms with van der Waals surface area (Å²) in [7, 11) is -4.42. The van der Waals surface area contributed by atoms with Crippen molar-refractivity contribution in [3.63, 3.8) is 0 Å². The second kappa shape index (κ2) is 12.9. The maximum Gasteiger partial charge on any atom is 0.262 e. The zero-order valence-corrected chi connectivity index (χ0v) is 23.9. The number of hydrogen-bond acceptors (Lipinski definition) is 7. The fourth-order valence-corrected chi connectivity index (χ4v) is 6.69. The molecule has 0 aliphatic carbocycles. The third kappa shape index (κ3) is 6.98. The van der Waals surface area contributed by atoms with E-state index in [1.807, 2.05) is 23.1 Å². The molecule has 0 saturated heterocycles. The first-order valence-electron chi connectivity index (χ1n) is 12.3. The first-order valence-corrected chi connectivity index (χ1v) is 15.2. The third-order valence-corrected chi connectivity index (χ3v) is 8.53. The van der Waals surface area contributed by atoms with Gasteiger partial charge in [0.05, 0.1) is 17.3 Å². The highest BCUT2D eigenvalue weighted by Crippen LogP contribution is 2.46. The number of aryl methyl sites for hydroxylation is 3. The Morgan fingerprint density at radius 1 is 1.03 bits per heavy atom. The number of rotatable bonds is 8. The molecule has 1 aromatic heterocycles. The maximum atomic E-state index is 9.45. The van der Waals surface area contributed by atoms with E-state index in [4.69, 9.17) is 0 Å². The Bertz CT molecular complexity index is 1360. The zero-order chi connectivity index (χ0) is 26.3. The fourth-order valence-electron chi connectivity index (χ4n) is 4.00. The van der Waals surface area contributed by atoms with Gasteiger partial charge in [0, 0.05) is 23.6 Å². The fraction of sp³-hybridized carbons (Fsp3) is 0.370. The van der Waals surface area contributed by atoms with Crippen LogP contribution in [0.1, 0.15) is 50.8 Å². The van der Waals surface area contributed by atoms with Crippen LogP contribution in [0.4, 0.5) is 5.69 Å². The predicted molar refractivity (Wildman–Crippen MR) is 150 cm³/mol. The molecule has 6 nitrogen and oxygen atoms in total. The molecule has 0 atom stereocenters. The van der Waals surface area contributed by atoms with Crippen molar-refractivity contribution < 1.29 is 21.7 Å². The molecule has 0 spiro atoms. The van der Waals surface area contributed by atoms with Crippen molar-refractivity contribution in [3.8, 4) is 0 Å². The lowest BCUT2D eigenvalue weighted by Gasteiger charge is -2.17. The highest BCUT2D eigenvalue weighted by Gasteiger charge is 2.23. The molecule has 1 aliphatic rings. The zero-order valence-electron chi connectivity index (χ0n) is 21.5. The maximum absolute atomic E-state index is 9.45. The quantitative estimate of drug-likeness (QED) is 0.187. The van der Waals surface area contributed by atoms with Gasteiger partial charge in [0.2, 0.25) is 15.9 Å². The number of allylic oxidation sites excluding steroid dienone is 2. The number of hydrogen-bond donors (Lipinski definition) is 0. The molecular formula is C27H34N2O4S3. The minimum Gasteiger partial charge on any atom is -0.726 e. The second-order valence-electron chi connectivity index (χ2n) is 8.02. The normalized spacial score (nSPS) is 14.5. The number of thioether (sulfide) groups is 1. The van der Waals surface area contributed by atoms with E-state index in [-0.39, 0.29) is 6.61 Å². The van der Waals surface area contributed by atoms with Crippen LogP contribution < -0.4 is 9.47 Å². The molecule has 9 heteroatoms. The van der Waals surface area contributed by atoms with Crippen molar-refractivity contribution in [1.82, 2.24) is 0 Å². The lowest BCUT2D eigenvalue weighted by molar-refractivity contribution is -0.665. The van der Waals surface area contributed by atoms with E-state index in [9.17, 15) is 13.0 Å². The Kier molecular flexibility index (Phi) is 10.2. The summed E-state index contributed by atoms with van der Waals surface area (Å²) in [6, 6.07) is 13.7. The van der Waals surface area contributed by atoms with Crippen LogP contribution in [0.3, 0.4) is 0 Å². The first kappa shape index (κ1) is 28.4. The monoisotopic (exact) mass is 546 g/mol. The average molecular weight is 547 g/mol. The van der Waals surface area contributed by atoms with E-state index < -0.39 is 10.4 Å². The Morgan fingerprint density at radius 3 is 2.31 bits per heavy atom. The van der Waals surface area contributed by atoms with Crippen LogP contribution in [0.5, 0.6) is 0 Å². The molecule has 0 N–H and O–H groups in total. The molecule has 0 saturated carbocycles. The molecule has 2 heterocycles. The van der Waals surface area contributed by atoms with Gasteiger partial charge in [-0.3, -0.25) is 4.18 Å². The lowest BCUT2D eigenvalue weighted by Crippen LogP contribution is -2.33. The number of anilines is 1. The molecule has 3 aromatic rings. The van der Waals surface area contributed by atoms with Gasteiger partial charge in [-0.25, -0.2) is 8.42 Å². The van der Waals surface area contributed by atoms with Crippen LogP contribution in [0, 0.1) is 0 Å². The SMILES string of the molecule is CCOS(=O)(=O)[O-].CCc1ccc2c(c1)S/C(=C\C=C\c1sc3cc(CC)ccc3[n+]1CC)N2CC. The summed E-state index contributed by atoms with van der Waals surface area (Å²) < 4.78 is 35.8. The summed E-state index contributed by atoms with van der Waals surface area (Å²) in [6.45, 7) is 12.2.